The van der Waals surface area contributed by atoms with Crippen molar-refractivity contribution >= 4 is 24.4 Å². The Morgan fingerprint density at radius 2 is 1.59 bits per heavy atom. The van der Waals surface area contributed by atoms with Crippen molar-refractivity contribution in [2.75, 3.05) is 5.32 Å². The molecule has 0 fully saturated rings. The van der Waals surface area contributed by atoms with E-state index in [9.17, 15) is 9.36 Å². The van der Waals surface area contributed by atoms with Crippen LogP contribution in [0.2, 0.25) is 0 Å². The van der Waals surface area contributed by atoms with Gasteiger partial charge in [0.2, 0.25) is 0 Å². The zero-order chi connectivity index (χ0) is 18.9. The molecule has 2 N–H and O–H groups in total. The zero-order valence-corrected chi connectivity index (χ0v) is 15.6. The molecule has 5 nitrogen and oxygen atoms in total. The van der Waals surface area contributed by atoms with Gasteiger partial charge in [-0.1, -0.05) is 54.1 Å². The van der Waals surface area contributed by atoms with E-state index in [1.807, 2.05) is 67.6 Å². The molecule has 2 atom stereocenters. The van der Waals surface area contributed by atoms with Crippen LogP contribution in [0.3, 0.4) is 0 Å². The summed E-state index contributed by atoms with van der Waals surface area (Å²) in [6, 6.07) is 23.3. The highest BCUT2D eigenvalue weighted by Gasteiger charge is 2.46. The number of rotatable bonds is 3. The third kappa shape index (κ3) is 3.34. The largest absolute Gasteiger partial charge is 0.438 e. The maximum atomic E-state index is 13.8. The van der Waals surface area contributed by atoms with Crippen molar-refractivity contribution in [2.45, 2.75) is 12.7 Å². The molecule has 0 unspecified atom stereocenters. The second kappa shape index (κ2) is 6.93. The van der Waals surface area contributed by atoms with E-state index < -0.39 is 19.2 Å². The van der Waals surface area contributed by atoms with Gasteiger partial charge in [-0.25, -0.2) is 4.79 Å². The van der Waals surface area contributed by atoms with E-state index in [1.165, 1.54) is 0 Å². The molecule has 0 saturated carbocycles. The van der Waals surface area contributed by atoms with Gasteiger partial charge in [0.15, 0.2) is 5.78 Å². The Morgan fingerprint density at radius 3 is 2.33 bits per heavy atom. The van der Waals surface area contributed by atoms with Crippen molar-refractivity contribution < 1.29 is 13.9 Å². The smallest absolute Gasteiger partial charge is 0.320 e. The predicted octanol–water partition coefficient (Wildman–Crippen LogP) is 4.81. The number of carbonyl (C=O) groups excluding carboxylic acids is 1. The van der Waals surface area contributed by atoms with Crippen LogP contribution in [0.25, 0.3) is 0 Å². The zero-order valence-electron chi connectivity index (χ0n) is 14.8. The first-order chi connectivity index (χ1) is 13.1. The maximum Gasteiger partial charge on any atom is 0.320 e. The van der Waals surface area contributed by atoms with Gasteiger partial charge in [-0.15, -0.1) is 0 Å². The number of hydrogen-bond acceptors (Lipinski definition) is 3. The number of hydrogen-bond donors (Lipinski definition) is 2. The summed E-state index contributed by atoms with van der Waals surface area (Å²) in [6.07, 6.45) is 0. The molecule has 1 aliphatic rings. The number of para-hydroxylation sites is 1. The van der Waals surface area contributed by atoms with Crippen LogP contribution in [0, 0.1) is 6.92 Å². The molecule has 0 saturated heterocycles. The van der Waals surface area contributed by atoms with E-state index in [2.05, 4.69) is 10.6 Å². The number of aryl methyl sites for hydroxylation is 1. The fraction of sp³-hybridized carbons (Fsp3) is 0.0952. The highest BCUT2D eigenvalue weighted by Crippen LogP contribution is 2.64. The second-order valence-electron chi connectivity index (χ2n) is 6.43. The lowest BCUT2D eigenvalue weighted by molar-refractivity contribution is 0.251. The molecule has 4 rings (SSSR count). The first-order valence-electron chi connectivity index (χ1n) is 8.64. The summed E-state index contributed by atoms with van der Waals surface area (Å²) in [7, 11) is -3.35. The van der Waals surface area contributed by atoms with Crippen LogP contribution in [0.1, 0.15) is 16.9 Å². The number of urea groups is 1. The summed E-state index contributed by atoms with van der Waals surface area (Å²) in [6.45, 7) is 1.98. The van der Waals surface area contributed by atoms with Gasteiger partial charge in [-0.05, 0) is 37.3 Å². The molecular formula is C21H19N2O3P. The first kappa shape index (κ1) is 17.4. The van der Waals surface area contributed by atoms with Gasteiger partial charge >= 0.3 is 13.4 Å². The SMILES string of the molecule is Cc1ccc(NC(=O)N[C@@H]2c3ccccc3O[P@@]2(=O)c2ccccc2)cc1. The summed E-state index contributed by atoms with van der Waals surface area (Å²) >= 11 is 0. The van der Waals surface area contributed by atoms with Crippen molar-refractivity contribution in [3.8, 4) is 5.75 Å². The lowest BCUT2D eigenvalue weighted by atomic mass is 10.2. The van der Waals surface area contributed by atoms with Crippen LogP contribution in [-0.2, 0) is 4.57 Å². The Kier molecular flexibility index (Phi) is 4.46. The van der Waals surface area contributed by atoms with Crippen LogP contribution < -0.4 is 20.5 Å². The van der Waals surface area contributed by atoms with E-state index in [1.54, 1.807) is 18.2 Å². The fourth-order valence-electron chi connectivity index (χ4n) is 3.10. The van der Waals surface area contributed by atoms with Crippen molar-refractivity contribution in [3.05, 3.63) is 90.0 Å². The number of amides is 2. The fourth-order valence-corrected chi connectivity index (χ4v) is 5.52. The molecule has 6 heteroatoms. The number of fused-ring (bicyclic) bond motifs is 1. The Labute approximate surface area is 157 Å². The molecule has 1 heterocycles. The van der Waals surface area contributed by atoms with Gasteiger partial charge in [-0.2, -0.15) is 0 Å². The molecule has 1 aliphatic heterocycles. The molecular weight excluding hydrogens is 359 g/mol. The third-order valence-corrected chi connectivity index (χ3v) is 7.05. The molecule has 0 spiro atoms. The van der Waals surface area contributed by atoms with Crippen molar-refractivity contribution in [1.29, 1.82) is 0 Å². The standard InChI is InChI=1S/C21H19N2O3P/c1-15-11-13-16(14-12-15)22-21(24)23-20-18-9-5-6-10-19(18)26-27(20,25)17-7-3-2-4-8-17/h2-14,20H,1H3,(H2,22,23,24)/t20-,27-/m0/s1. The quantitative estimate of drug-likeness (QED) is 0.643. The summed E-state index contributed by atoms with van der Waals surface area (Å²) < 4.78 is 19.6. The summed E-state index contributed by atoms with van der Waals surface area (Å²) in [5.74, 6) is -0.216. The van der Waals surface area contributed by atoms with Crippen LogP contribution in [0.15, 0.2) is 78.9 Å². The Hall–Kier alpha value is -3.04. The van der Waals surface area contributed by atoms with E-state index in [-0.39, 0.29) is 0 Å². The van der Waals surface area contributed by atoms with Gasteiger partial charge in [-0.3, -0.25) is 4.57 Å². The van der Waals surface area contributed by atoms with Gasteiger partial charge in [0, 0.05) is 11.3 Å². The maximum absolute atomic E-state index is 13.8. The molecule has 136 valence electrons. The van der Waals surface area contributed by atoms with Crippen molar-refractivity contribution in [2.24, 2.45) is 0 Å². The molecule has 0 aromatic heterocycles. The van der Waals surface area contributed by atoms with Crippen LogP contribution >= 0.6 is 7.37 Å². The number of carbonyl (C=O) groups is 1. The summed E-state index contributed by atoms with van der Waals surface area (Å²) in [4.78, 5) is 12.6. The molecule has 3 aromatic carbocycles. The molecule has 3 aromatic rings. The molecule has 0 aliphatic carbocycles. The number of nitrogens with one attached hydrogen (secondary N) is 2. The van der Waals surface area contributed by atoms with E-state index >= 15 is 0 Å². The number of anilines is 1. The monoisotopic (exact) mass is 378 g/mol. The second-order valence-corrected chi connectivity index (χ2v) is 8.84. The highest BCUT2D eigenvalue weighted by atomic mass is 31.2. The molecule has 0 bridgehead atoms. The molecule has 0 radical (unpaired) electrons. The third-order valence-electron chi connectivity index (χ3n) is 4.48. The summed E-state index contributed by atoms with van der Waals surface area (Å²) in [5.41, 5.74) is 2.48. The van der Waals surface area contributed by atoms with E-state index in [0.717, 1.165) is 5.56 Å². The summed E-state index contributed by atoms with van der Waals surface area (Å²) in [5, 5.41) is 6.21. The normalized spacial score (nSPS) is 20.4. The van der Waals surface area contributed by atoms with Crippen LogP contribution in [0.5, 0.6) is 5.75 Å². The van der Waals surface area contributed by atoms with E-state index in [4.69, 9.17) is 4.52 Å². The van der Waals surface area contributed by atoms with Gasteiger partial charge in [0.1, 0.15) is 5.75 Å². The highest BCUT2D eigenvalue weighted by molar-refractivity contribution is 7.68. The average molecular weight is 378 g/mol. The minimum atomic E-state index is -3.35. The minimum Gasteiger partial charge on any atom is -0.438 e. The van der Waals surface area contributed by atoms with Crippen LogP contribution in [0.4, 0.5) is 10.5 Å². The van der Waals surface area contributed by atoms with E-state index in [0.29, 0.717) is 22.3 Å². The first-order valence-corrected chi connectivity index (χ1v) is 10.3. The Balaban J connectivity index is 1.64. The van der Waals surface area contributed by atoms with Gasteiger partial charge < -0.3 is 15.2 Å². The Morgan fingerprint density at radius 1 is 0.926 bits per heavy atom. The van der Waals surface area contributed by atoms with Gasteiger partial charge in [0.05, 0.1) is 5.30 Å². The van der Waals surface area contributed by atoms with Crippen molar-refractivity contribution in [1.82, 2.24) is 5.32 Å². The lowest BCUT2D eigenvalue weighted by Crippen LogP contribution is -2.33. The van der Waals surface area contributed by atoms with Crippen LogP contribution in [-0.4, -0.2) is 6.03 Å². The molecule has 2 amide bonds. The number of benzene rings is 3. The molecule has 27 heavy (non-hydrogen) atoms. The average Bonchev–Trinajstić information content (AvgIpc) is 2.97. The topological polar surface area (TPSA) is 67.4 Å². The van der Waals surface area contributed by atoms with Gasteiger partial charge in [0.25, 0.3) is 0 Å². The van der Waals surface area contributed by atoms with Crippen molar-refractivity contribution in [3.63, 3.8) is 0 Å². The minimum absolute atomic E-state index is 0.430. The lowest BCUT2D eigenvalue weighted by Gasteiger charge is -2.21. The predicted molar refractivity (Wildman–Crippen MR) is 107 cm³/mol. The Bertz CT molecular complexity index is 1020.